The molecule has 5 heterocycles. The van der Waals surface area contributed by atoms with Crippen LogP contribution in [0.1, 0.15) is 23.2 Å². The zero-order chi connectivity index (χ0) is 27.9. The number of rotatable bonds is 5. The first-order chi connectivity index (χ1) is 20.1. The number of carbonyl (C=O) groups is 1. The lowest BCUT2D eigenvalue weighted by Gasteiger charge is -2.34. The third-order valence-corrected chi connectivity index (χ3v) is 8.42. The number of hydrogen-bond acceptors (Lipinski definition) is 7. The summed E-state index contributed by atoms with van der Waals surface area (Å²) in [5.74, 6) is -0.981. The molecule has 1 N–H and O–H groups in total. The Morgan fingerprint density at radius 2 is 1.90 bits per heavy atom. The Balaban J connectivity index is 1.30. The molecule has 0 unspecified atom stereocenters. The van der Waals surface area contributed by atoms with Crippen LogP contribution in [-0.4, -0.2) is 50.0 Å². The zero-order valence-electron chi connectivity index (χ0n) is 21.7. The lowest BCUT2D eigenvalue weighted by Crippen LogP contribution is -2.49. The number of pyridine rings is 2. The van der Waals surface area contributed by atoms with Crippen LogP contribution in [0.4, 0.5) is 14.6 Å². The highest BCUT2D eigenvalue weighted by Crippen LogP contribution is 2.39. The van der Waals surface area contributed by atoms with Crippen molar-refractivity contribution in [2.45, 2.75) is 18.9 Å². The second-order valence-corrected chi connectivity index (χ2v) is 10.9. The van der Waals surface area contributed by atoms with Gasteiger partial charge in [-0.25, -0.2) is 18.7 Å². The van der Waals surface area contributed by atoms with E-state index in [1.54, 1.807) is 47.6 Å². The molecule has 6 aromatic rings. The molecule has 11 heteroatoms. The Morgan fingerprint density at radius 1 is 1.02 bits per heavy atom. The molecule has 7 rings (SSSR count). The number of hydrogen-bond donors (Lipinski definition) is 1. The van der Waals surface area contributed by atoms with Gasteiger partial charge in [-0.3, -0.25) is 9.69 Å². The van der Waals surface area contributed by atoms with Crippen LogP contribution in [-0.2, 0) is 0 Å². The Bertz CT molecular complexity index is 1900. The summed E-state index contributed by atoms with van der Waals surface area (Å²) in [6.45, 7) is 1.42. The molecule has 1 fully saturated rings. The SMILES string of the molecule is O=C(c1ccc(-n2nnc3cccnc32)cc1F)N(c1nccc2sc(-c3ccc(F)cc3)cc12)[C@@H]1CCCNC1. The van der Waals surface area contributed by atoms with E-state index in [9.17, 15) is 9.18 Å². The van der Waals surface area contributed by atoms with Crippen molar-refractivity contribution >= 4 is 44.3 Å². The van der Waals surface area contributed by atoms with Gasteiger partial charge in [0.15, 0.2) is 5.65 Å². The summed E-state index contributed by atoms with van der Waals surface area (Å²) < 4.78 is 31.6. The molecule has 0 spiro atoms. The van der Waals surface area contributed by atoms with Gasteiger partial charge >= 0.3 is 0 Å². The van der Waals surface area contributed by atoms with Gasteiger partial charge in [0.05, 0.1) is 17.3 Å². The van der Waals surface area contributed by atoms with Gasteiger partial charge in [0.1, 0.15) is 23.0 Å². The molecule has 4 aromatic heterocycles. The monoisotopic (exact) mass is 567 g/mol. The number of carbonyl (C=O) groups excluding carboxylic acids is 1. The van der Waals surface area contributed by atoms with E-state index in [0.29, 0.717) is 29.2 Å². The molecule has 0 radical (unpaired) electrons. The Kier molecular flexibility index (Phi) is 6.44. The molecule has 0 aliphatic carbocycles. The minimum absolute atomic E-state index is 0.0653. The van der Waals surface area contributed by atoms with Crippen molar-refractivity contribution < 1.29 is 13.6 Å². The number of aromatic nitrogens is 5. The smallest absolute Gasteiger partial charge is 0.262 e. The van der Waals surface area contributed by atoms with Gasteiger partial charge in [-0.05, 0) is 73.5 Å². The van der Waals surface area contributed by atoms with Crippen LogP contribution in [0.3, 0.4) is 0 Å². The number of fused-ring (bicyclic) bond motifs is 2. The van der Waals surface area contributed by atoms with E-state index < -0.39 is 11.7 Å². The number of anilines is 1. The van der Waals surface area contributed by atoms with Gasteiger partial charge in [-0.2, -0.15) is 4.68 Å². The molecule has 1 aliphatic rings. The molecule has 1 aliphatic heterocycles. The molecule has 2 aromatic carbocycles. The predicted molar refractivity (Wildman–Crippen MR) is 154 cm³/mol. The van der Waals surface area contributed by atoms with E-state index in [1.807, 2.05) is 12.1 Å². The van der Waals surface area contributed by atoms with Crippen LogP contribution in [0, 0.1) is 11.6 Å². The van der Waals surface area contributed by atoms with E-state index in [1.165, 1.54) is 40.3 Å². The maximum absolute atomic E-state index is 15.7. The molecule has 41 heavy (non-hydrogen) atoms. The summed E-state index contributed by atoms with van der Waals surface area (Å²) >= 11 is 1.53. The van der Waals surface area contributed by atoms with Crippen molar-refractivity contribution in [2.75, 3.05) is 18.0 Å². The van der Waals surface area contributed by atoms with Gasteiger partial charge < -0.3 is 5.32 Å². The minimum Gasteiger partial charge on any atom is -0.315 e. The summed E-state index contributed by atoms with van der Waals surface area (Å²) in [6, 6.07) is 17.9. The summed E-state index contributed by atoms with van der Waals surface area (Å²) in [6.07, 6.45) is 4.91. The molecule has 1 atom stereocenters. The second-order valence-electron chi connectivity index (χ2n) is 9.85. The molecular formula is C30H23F2N7OS. The van der Waals surface area contributed by atoms with Crippen LogP contribution < -0.4 is 10.2 Å². The van der Waals surface area contributed by atoms with E-state index in [4.69, 9.17) is 0 Å². The molecule has 1 amide bonds. The van der Waals surface area contributed by atoms with Crippen molar-refractivity contribution in [1.29, 1.82) is 0 Å². The number of nitrogens with zero attached hydrogens (tertiary/aromatic N) is 6. The molecule has 0 saturated carbocycles. The fourth-order valence-corrected chi connectivity index (χ4v) is 6.32. The summed E-state index contributed by atoms with van der Waals surface area (Å²) in [7, 11) is 0. The maximum Gasteiger partial charge on any atom is 0.262 e. The quantitative estimate of drug-likeness (QED) is 0.285. The number of thiophene rings is 1. The average molecular weight is 568 g/mol. The number of piperidine rings is 1. The van der Waals surface area contributed by atoms with Crippen LogP contribution in [0.15, 0.2) is 79.1 Å². The Labute approximate surface area is 237 Å². The summed E-state index contributed by atoms with van der Waals surface area (Å²) in [5, 5.41) is 12.3. The first kappa shape index (κ1) is 25.4. The lowest BCUT2D eigenvalue weighted by atomic mass is 10.0. The van der Waals surface area contributed by atoms with Crippen molar-refractivity contribution in [2.24, 2.45) is 0 Å². The van der Waals surface area contributed by atoms with Crippen molar-refractivity contribution in [1.82, 2.24) is 30.3 Å². The number of amides is 1. The predicted octanol–water partition coefficient (Wildman–Crippen LogP) is 5.77. The molecule has 204 valence electrons. The third kappa shape index (κ3) is 4.62. The van der Waals surface area contributed by atoms with E-state index >= 15 is 4.39 Å². The van der Waals surface area contributed by atoms with Crippen molar-refractivity contribution in [3.05, 3.63) is 96.3 Å². The third-order valence-electron chi connectivity index (χ3n) is 7.27. The van der Waals surface area contributed by atoms with Gasteiger partial charge in [0.2, 0.25) is 0 Å². The lowest BCUT2D eigenvalue weighted by molar-refractivity contribution is 0.0968. The van der Waals surface area contributed by atoms with E-state index in [2.05, 4.69) is 25.6 Å². The highest BCUT2D eigenvalue weighted by atomic mass is 32.1. The van der Waals surface area contributed by atoms with Gasteiger partial charge in [-0.1, -0.05) is 17.3 Å². The Morgan fingerprint density at radius 3 is 2.71 bits per heavy atom. The number of benzene rings is 2. The molecule has 0 bridgehead atoms. The van der Waals surface area contributed by atoms with E-state index in [-0.39, 0.29) is 17.4 Å². The molecule has 8 nitrogen and oxygen atoms in total. The number of halogens is 2. The van der Waals surface area contributed by atoms with Crippen LogP contribution in [0.5, 0.6) is 0 Å². The van der Waals surface area contributed by atoms with Crippen LogP contribution in [0.2, 0.25) is 0 Å². The van der Waals surface area contributed by atoms with Crippen molar-refractivity contribution in [3.8, 4) is 16.1 Å². The van der Waals surface area contributed by atoms with Gasteiger partial charge in [0.25, 0.3) is 5.91 Å². The van der Waals surface area contributed by atoms with Crippen LogP contribution in [0.25, 0.3) is 37.4 Å². The normalized spacial score (nSPS) is 15.4. The zero-order valence-corrected chi connectivity index (χ0v) is 22.5. The Hall–Kier alpha value is -4.61. The fraction of sp³-hybridized carbons (Fsp3) is 0.167. The first-order valence-corrected chi connectivity index (χ1v) is 14.0. The average Bonchev–Trinajstić information content (AvgIpc) is 3.63. The standard InChI is InChI=1S/C30H23F2N7OS/c31-19-7-5-18(6-8-19)27-16-23-26(41-27)11-14-35-28(23)38(21-3-1-12-33-17-21)30(40)22-10-9-20(15-24(22)32)39-29-25(36-37-39)4-2-13-34-29/h2,4-11,13-16,21,33H,1,3,12,17H2/t21-/m1/s1. The van der Waals surface area contributed by atoms with Crippen LogP contribution >= 0.6 is 11.3 Å². The topological polar surface area (TPSA) is 88.8 Å². The highest BCUT2D eigenvalue weighted by Gasteiger charge is 2.32. The first-order valence-electron chi connectivity index (χ1n) is 13.2. The number of nitrogens with one attached hydrogen (secondary N) is 1. The fourth-order valence-electron chi connectivity index (χ4n) is 5.26. The summed E-state index contributed by atoms with van der Waals surface area (Å²) in [4.78, 5) is 25.7. The summed E-state index contributed by atoms with van der Waals surface area (Å²) in [5.41, 5.74) is 2.29. The highest BCUT2D eigenvalue weighted by molar-refractivity contribution is 7.22. The second kappa shape index (κ2) is 10.4. The largest absolute Gasteiger partial charge is 0.315 e. The van der Waals surface area contributed by atoms with Gasteiger partial charge in [0, 0.05) is 40.0 Å². The van der Waals surface area contributed by atoms with Gasteiger partial charge in [-0.15, -0.1) is 16.4 Å². The minimum atomic E-state index is -0.676. The van der Waals surface area contributed by atoms with E-state index in [0.717, 1.165) is 39.9 Å². The molecule has 1 saturated heterocycles. The molecular weight excluding hydrogens is 544 g/mol. The maximum atomic E-state index is 15.7. The van der Waals surface area contributed by atoms with Crippen molar-refractivity contribution in [3.63, 3.8) is 0 Å².